The monoisotopic (exact) mass is 280 g/mol. The third kappa shape index (κ3) is 3.28. The second kappa shape index (κ2) is 5.51. The number of amides is 1. The Morgan fingerprint density at radius 3 is 2.89 bits per heavy atom. The molecular formula is C15H21ClN2O. The Kier molecular flexibility index (Phi) is 4.16. The number of halogens is 1. The van der Waals surface area contributed by atoms with Crippen molar-refractivity contribution >= 4 is 23.2 Å². The van der Waals surface area contributed by atoms with Crippen molar-refractivity contribution in [3.63, 3.8) is 0 Å². The van der Waals surface area contributed by atoms with Gasteiger partial charge in [-0.1, -0.05) is 37.4 Å². The Morgan fingerprint density at radius 2 is 2.26 bits per heavy atom. The predicted molar refractivity (Wildman–Crippen MR) is 79.4 cm³/mol. The molecule has 0 heterocycles. The number of nitrogens with one attached hydrogen (secondary N) is 1. The number of nitrogens with two attached hydrogens (primary N) is 1. The van der Waals surface area contributed by atoms with Crippen LogP contribution in [0.4, 0.5) is 5.69 Å². The first kappa shape index (κ1) is 14.4. The molecule has 4 heteroatoms. The molecule has 0 aliphatic heterocycles. The normalized spacial score (nSPS) is 27.1. The number of aryl methyl sites for hydroxylation is 1. The molecule has 0 saturated heterocycles. The lowest BCUT2D eigenvalue weighted by Gasteiger charge is -2.35. The molecule has 3 N–H and O–H groups in total. The van der Waals surface area contributed by atoms with Crippen LogP contribution in [0.15, 0.2) is 18.2 Å². The molecule has 1 fully saturated rings. The summed E-state index contributed by atoms with van der Waals surface area (Å²) in [5.74, 6) is 0.378. The van der Waals surface area contributed by atoms with Crippen LogP contribution >= 0.6 is 11.6 Å². The summed E-state index contributed by atoms with van der Waals surface area (Å²) < 4.78 is 0. The van der Waals surface area contributed by atoms with E-state index in [1.54, 1.807) is 0 Å². The fourth-order valence-corrected chi connectivity index (χ4v) is 3.05. The first-order valence-electron chi connectivity index (χ1n) is 6.77. The van der Waals surface area contributed by atoms with Gasteiger partial charge in [0.2, 0.25) is 5.91 Å². The molecule has 2 atom stereocenters. The summed E-state index contributed by atoms with van der Waals surface area (Å²) in [5.41, 5.74) is 7.21. The molecule has 1 aromatic rings. The van der Waals surface area contributed by atoms with Crippen molar-refractivity contribution in [1.29, 1.82) is 0 Å². The molecule has 1 aliphatic carbocycles. The van der Waals surface area contributed by atoms with Crippen LogP contribution in [0.1, 0.15) is 38.2 Å². The quantitative estimate of drug-likeness (QED) is 0.871. The standard InChI is InChI=1S/C15H21ClN2O/c1-10-5-6-13(12(16)8-10)18-14(19)15(17)7-3-4-11(2)9-15/h5-6,8,11H,3-4,7,9,17H2,1-2H3,(H,18,19). The highest BCUT2D eigenvalue weighted by Crippen LogP contribution is 2.32. The lowest BCUT2D eigenvalue weighted by molar-refractivity contribution is -0.122. The fourth-order valence-electron chi connectivity index (χ4n) is 2.77. The highest BCUT2D eigenvalue weighted by atomic mass is 35.5. The minimum Gasteiger partial charge on any atom is -0.323 e. The van der Waals surface area contributed by atoms with Gasteiger partial charge in [0.25, 0.3) is 0 Å². The Bertz CT molecular complexity index is 489. The lowest BCUT2D eigenvalue weighted by Crippen LogP contribution is -2.53. The Balaban J connectivity index is 2.12. The average molecular weight is 281 g/mol. The molecule has 0 bridgehead atoms. The maximum absolute atomic E-state index is 12.4. The molecular weight excluding hydrogens is 260 g/mol. The van der Waals surface area contributed by atoms with Crippen LogP contribution in [0.3, 0.4) is 0 Å². The topological polar surface area (TPSA) is 55.1 Å². The number of anilines is 1. The summed E-state index contributed by atoms with van der Waals surface area (Å²) in [6.45, 7) is 4.11. The van der Waals surface area contributed by atoms with E-state index in [0.717, 1.165) is 31.2 Å². The molecule has 0 aromatic heterocycles. The van der Waals surface area contributed by atoms with Gasteiger partial charge in [-0.15, -0.1) is 0 Å². The van der Waals surface area contributed by atoms with Crippen LogP contribution in [0.2, 0.25) is 5.02 Å². The summed E-state index contributed by atoms with van der Waals surface area (Å²) in [6, 6.07) is 5.59. The van der Waals surface area contributed by atoms with E-state index in [4.69, 9.17) is 17.3 Å². The highest BCUT2D eigenvalue weighted by molar-refractivity contribution is 6.33. The number of benzene rings is 1. The zero-order valence-corrected chi connectivity index (χ0v) is 12.3. The molecule has 19 heavy (non-hydrogen) atoms. The van der Waals surface area contributed by atoms with Crippen LogP contribution in [0, 0.1) is 12.8 Å². The second-order valence-corrected chi connectivity index (χ2v) is 6.20. The van der Waals surface area contributed by atoms with E-state index in [0.29, 0.717) is 16.6 Å². The van der Waals surface area contributed by atoms with Gasteiger partial charge in [0.05, 0.1) is 16.2 Å². The molecule has 1 saturated carbocycles. The van der Waals surface area contributed by atoms with Gasteiger partial charge < -0.3 is 11.1 Å². The van der Waals surface area contributed by atoms with Gasteiger partial charge in [-0.05, 0) is 43.4 Å². The largest absolute Gasteiger partial charge is 0.323 e. The molecule has 0 radical (unpaired) electrons. The molecule has 1 aromatic carbocycles. The van der Waals surface area contributed by atoms with Crippen molar-refractivity contribution in [2.75, 3.05) is 5.32 Å². The Morgan fingerprint density at radius 1 is 1.53 bits per heavy atom. The van der Waals surface area contributed by atoms with E-state index in [2.05, 4.69) is 12.2 Å². The molecule has 0 spiro atoms. The second-order valence-electron chi connectivity index (χ2n) is 5.80. The van der Waals surface area contributed by atoms with Crippen molar-refractivity contribution in [1.82, 2.24) is 0 Å². The molecule has 104 valence electrons. The number of rotatable bonds is 2. The van der Waals surface area contributed by atoms with E-state index >= 15 is 0 Å². The third-order valence-electron chi connectivity index (χ3n) is 3.86. The Labute approximate surface area is 119 Å². The Hall–Kier alpha value is -1.06. The van der Waals surface area contributed by atoms with Gasteiger partial charge in [-0.3, -0.25) is 4.79 Å². The van der Waals surface area contributed by atoms with Gasteiger partial charge in [0, 0.05) is 0 Å². The minimum absolute atomic E-state index is 0.121. The minimum atomic E-state index is -0.758. The highest BCUT2D eigenvalue weighted by Gasteiger charge is 2.38. The van der Waals surface area contributed by atoms with Crippen LogP contribution in [0.5, 0.6) is 0 Å². The fraction of sp³-hybridized carbons (Fsp3) is 0.533. The predicted octanol–water partition coefficient (Wildman–Crippen LogP) is 3.49. The average Bonchev–Trinajstić information content (AvgIpc) is 2.32. The molecule has 2 rings (SSSR count). The van der Waals surface area contributed by atoms with E-state index in [-0.39, 0.29) is 5.91 Å². The summed E-state index contributed by atoms with van der Waals surface area (Å²) in [7, 11) is 0. The van der Waals surface area contributed by atoms with E-state index in [1.165, 1.54) is 0 Å². The van der Waals surface area contributed by atoms with Crippen molar-refractivity contribution in [3.05, 3.63) is 28.8 Å². The zero-order valence-electron chi connectivity index (χ0n) is 11.5. The van der Waals surface area contributed by atoms with Crippen molar-refractivity contribution in [3.8, 4) is 0 Å². The van der Waals surface area contributed by atoms with Crippen LogP contribution in [-0.4, -0.2) is 11.4 Å². The van der Waals surface area contributed by atoms with Gasteiger partial charge >= 0.3 is 0 Å². The van der Waals surface area contributed by atoms with E-state index < -0.39 is 5.54 Å². The zero-order chi connectivity index (χ0) is 14.0. The van der Waals surface area contributed by atoms with Crippen molar-refractivity contribution in [2.24, 2.45) is 11.7 Å². The van der Waals surface area contributed by atoms with Gasteiger partial charge in [-0.2, -0.15) is 0 Å². The van der Waals surface area contributed by atoms with Gasteiger partial charge in [-0.25, -0.2) is 0 Å². The molecule has 2 unspecified atom stereocenters. The summed E-state index contributed by atoms with van der Waals surface area (Å²) in [5, 5.41) is 3.43. The first-order chi connectivity index (χ1) is 8.90. The summed E-state index contributed by atoms with van der Waals surface area (Å²) in [6.07, 6.45) is 3.64. The maximum Gasteiger partial charge on any atom is 0.244 e. The van der Waals surface area contributed by atoms with Crippen molar-refractivity contribution < 1.29 is 4.79 Å². The van der Waals surface area contributed by atoms with Crippen molar-refractivity contribution in [2.45, 2.75) is 45.1 Å². The van der Waals surface area contributed by atoms with E-state index in [1.807, 2.05) is 25.1 Å². The number of hydrogen-bond acceptors (Lipinski definition) is 2. The van der Waals surface area contributed by atoms with Crippen LogP contribution < -0.4 is 11.1 Å². The third-order valence-corrected chi connectivity index (χ3v) is 4.17. The summed E-state index contributed by atoms with van der Waals surface area (Å²) in [4.78, 5) is 12.4. The van der Waals surface area contributed by atoms with Gasteiger partial charge in [0.15, 0.2) is 0 Å². The van der Waals surface area contributed by atoms with Gasteiger partial charge in [0.1, 0.15) is 0 Å². The molecule has 1 amide bonds. The van der Waals surface area contributed by atoms with Crippen LogP contribution in [-0.2, 0) is 4.79 Å². The smallest absolute Gasteiger partial charge is 0.244 e. The molecule has 3 nitrogen and oxygen atoms in total. The lowest BCUT2D eigenvalue weighted by atomic mass is 9.76. The number of carbonyl (C=O) groups excluding carboxylic acids is 1. The SMILES string of the molecule is Cc1ccc(NC(=O)C2(N)CCCC(C)C2)c(Cl)c1. The number of carbonyl (C=O) groups is 1. The first-order valence-corrected chi connectivity index (χ1v) is 7.15. The number of hydrogen-bond donors (Lipinski definition) is 2. The molecule has 1 aliphatic rings. The van der Waals surface area contributed by atoms with E-state index in [9.17, 15) is 4.79 Å². The summed E-state index contributed by atoms with van der Waals surface area (Å²) >= 11 is 6.13. The maximum atomic E-state index is 12.4. The van der Waals surface area contributed by atoms with Crippen LogP contribution in [0.25, 0.3) is 0 Å².